The molecule has 4 nitrogen and oxygen atoms in total. The van der Waals surface area contributed by atoms with E-state index in [4.69, 9.17) is 5.26 Å². The predicted molar refractivity (Wildman–Crippen MR) is 87.1 cm³/mol. The molecule has 0 heterocycles. The molecule has 0 radical (unpaired) electrons. The molecule has 0 aromatic heterocycles. The van der Waals surface area contributed by atoms with Crippen LogP contribution in [-0.4, -0.2) is 8.42 Å². The molecule has 2 aromatic rings. The predicted octanol–water partition coefficient (Wildman–Crippen LogP) is 3.87. The van der Waals surface area contributed by atoms with Gasteiger partial charge in [0.2, 0.25) is 0 Å². The molecule has 22 heavy (non-hydrogen) atoms. The van der Waals surface area contributed by atoms with Crippen molar-refractivity contribution in [2.75, 3.05) is 4.72 Å². The molecule has 2 rings (SSSR count). The van der Waals surface area contributed by atoms with Crippen LogP contribution in [0, 0.1) is 11.3 Å². The zero-order valence-corrected chi connectivity index (χ0v) is 13.4. The number of nitrogens with one attached hydrogen (secondary N) is 1. The fourth-order valence-corrected chi connectivity index (χ4v) is 3.31. The van der Waals surface area contributed by atoms with E-state index >= 15 is 0 Å². The van der Waals surface area contributed by atoms with E-state index in [-0.39, 0.29) is 10.8 Å². The van der Waals surface area contributed by atoms with Gasteiger partial charge in [0.05, 0.1) is 22.2 Å². The highest BCUT2D eigenvalue weighted by Crippen LogP contribution is 2.28. The number of benzene rings is 2. The third-order valence-electron chi connectivity index (χ3n) is 3.62. The summed E-state index contributed by atoms with van der Waals surface area (Å²) in [6, 6.07) is 15.3. The second-order valence-electron chi connectivity index (χ2n) is 5.14. The molecule has 2 aromatic carbocycles. The van der Waals surface area contributed by atoms with Gasteiger partial charge in [-0.3, -0.25) is 4.72 Å². The van der Waals surface area contributed by atoms with Crippen LogP contribution in [0.1, 0.15) is 37.3 Å². The molecule has 0 bridgehead atoms. The summed E-state index contributed by atoms with van der Waals surface area (Å²) in [7, 11) is -3.71. The van der Waals surface area contributed by atoms with E-state index in [1.165, 1.54) is 12.1 Å². The van der Waals surface area contributed by atoms with Gasteiger partial charge in [-0.1, -0.05) is 38.1 Å². The van der Waals surface area contributed by atoms with Crippen molar-refractivity contribution in [1.82, 2.24) is 0 Å². The summed E-state index contributed by atoms with van der Waals surface area (Å²) in [5.41, 5.74) is 1.86. The summed E-state index contributed by atoms with van der Waals surface area (Å²) in [4.78, 5) is 0.0884. The van der Waals surface area contributed by atoms with E-state index in [0.29, 0.717) is 11.3 Å². The molecule has 114 valence electrons. The summed E-state index contributed by atoms with van der Waals surface area (Å²) in [5.74, 6) is 0.254. The Bertz CT molecular complexity index is 807. The lowest BCUT2D eigenvalue weighted by molar-refractivity contribution is 0.601. The van der Waals surface area contributed by atoms with Crippen LogP contribution in [0.3, 0.4) is 0 Å². The molecular weight excluding hydrogens is 296 g/mol. The SMILES string of the molecule is CC[C@@H](C)c1ccccc1NS(=O)(=O)c1cccc(C#N)c1. The highest BCUT2D eigenvalue weighted by molar-refractivity contribution is 7.92. The highest BCUT2D eigenvalue weighted by atomic mass is 32.2. The standard InChI is InChI=1S/C17H18N2O2S/c1-3-13(2)16-9-4-5-10-17(16)19-22(20,21)15-8-6-7-14(11-15)12-18/h4-11,13,19H,3H2,1-2H3/t13-/m1/s1. The molecule has 0 saturated carbocycles. The lowest BCUT2D eigenvalue weighted by Gasteiger charge is -2.16. The third-order valence-corrected chi connectivity index (χ3v) is 4.99. The summed E-state index contributed by atoms with van der Waals surface area (Å²) < 4.78 is 27.7. The Morgan fingerprint density at radius 2 is 1.91 bits per heavy atom. The molecule has 0 fully saturated rings. The number of sulfonamides is 1. The summed E-state index contributed by atoms with van der Waals surface area (Å²) >= 11 is 0. The average molecular weight is 314 g/mol. The third kappa shape index (κ3) is 3.46. The zero-order valence-electron chi connectivity index (χ0n) is 12.6. The van der Waals surface area contributed by atoms with Gasteiger partial charge in [-0.15, -0.1) is 0 Å². The van der Waals surface area contributed by atoms with Crippen molar-refractivity contribution in [3.05, 3.63) is 59.7 Å². The van der Waals surface area contributed by atoms with E-state index in [9.17, 15) is 8.42 Å². The minimum absolute atomic E-state index is 0.0884. The number of rotatable bonds is 5. The Kier molecular flexibility index (Phi) is 4.84. The molecule has 0 saturated heterocycles. The number of hydrogen-bond donors (Lipinski definition) is 1. The van der Waals surface area contributed by atoms with Crippen molar-refractivity contribution < 1.29 is 8.42 Å². The maximum atomic E-state index is 12.5. The van der Waals surface area contributed by atoms with Crippen LogP contribution < -0.4 is 4.72 Å². The van der Waals surface area contributed by atoms with Gasteiger partial charge in [-0.2, -0.15) is 5.26 Å². The summed E-state index contributed by atoms with van der Waals surface area (Å²) in [5, 5.41) is 8.90. The van der Waals surface area contributed by atoms with E-state index in [2.05, 4.69) is 18.6 Å². The molecule has 1 atom stereocenters. The normalized spacial score (nSPS) is 12.4. The molecule has 0 aliphatic heterocycles. The molecule has 5 heteroatoms. The Hall–Kier alpha value is -2.32. The maximum absolute atomic E-state index is 12.5. The van der Waals surface area contributed by atoms with Gasteiger partial charge in [0.25, 0.3) is 10.0 Å². The van der Waals surface area contributed by atoms with Crippen LogP contribution in [0.5, 0.6) is 0 Å². The second kappa shape index (κ2) is 6.63. The van der Waals surface area contributed by atoms with Gasteiger partial charge in [0.1, 0.15) is 0 Å². The Morgan fingerprint density at radius 3 is 2.59 bits per heavy atom. The van der Waals surface area contributed by atoms with Gasteiger partial charge >= 0.3 is 0 Å². The fourth-order valence-electron chi connectivity index (χ4n) is 2.18. The minimum Gasteiger partial charge on any atom is -0.279 e. The van der Waals surface area contributed by atoms with E-state index < -0.39 is 10.0 Å². The lowest BCUT2D eigenvalue weighted by Crippen LogP contribution is -2.15. The van der Waals surface area contributed by atoms with Gasteiger partial charge < -0.3 is 0 Å². The topological polar surface area (TPSA) is 70.0 Å². The van der Waals surface area contributed by atoms with Gasteiger partial charge in [-0.25, -0.2) is 8.42 Å². The van der Waals surface area contributed by atoms with Crippen LogP contribution in [0.15, 0.2) is 53.4 Å². The van der Waals surface area contributed by atoms with Crippen molar-refractivity contribution in [3.63, 3.8) is 0 Å². The largest absolute Gasteiger partial charge is 0.279 e. The molecule has 0 aliphatic rings. The first-order valence-corrected chi connectivity index (χ1v) is 8.58. The minimum atomic E-state index is -3.71. The number of nitrogens with zero attached hydrogens (tertiary/aromatic N) is 1. The smallest absolute Gasteiger partial charge is 0.261 e. The van der Waals surface area contributed by atoms with Crippen LogP contribution in [0.2, 0.25) is 0 Å². The molecule has 0 spiro atoms. The van der Waals surface area contributed by atoms with Crippen LogP contribution in [0.4, 0.5) is 5.69 Å². The molecule has 1 N–H and O–H groups in total. The first-order chi connectivity index (χ1) is 10.5. The quantitative estimate of drug-likeness (QED) is 0.910. The fraction of sp³-hybridized carbons (Fsp3) is 0.235. The lowest BCUT2D eigenvalue weighted by atomic mass is 9.97. The average Bonchev–Trinajstić information content (AvgIpc) is 2.54. The van der Waals surface area contributed by atoms with Crippen LogP contribution >= 0.6 is 0 Å². The molecule has 0 unspecified atom stereocenters. The maximum Gasteiger partial charge on any atom is 0.261 e. The zero-order chi connectivity index (χ0) is 16.2. The first kappa shape index (κ1) is 16.1. The number of para-hydroxylation sites is 1. The van der Waals surface area contributed by atoms with Gasteiger partial charge in [0.15, 0.2) is 0 Å². The summed E-state index contributed by atoms with van der Waals surface area (Å²) in [6.07, 6.45) is 0.919. The van der Waals surface area contributed by atoms with Crippen molar-refractivity contribution in [2.45, 2.75) is 31.1 Å². The van der Waals surface area contributed by atoms with E-state index in [1.54, 1.807) is 24.3 Å². The Labute approximate surface area is 131 Å². The molecule has 0 aliphatic carbocycles. The van der Waals surface area contributed by atoms with Crippen molar-refractivity contribution >= 4 is 15.7 Å². The highest BCUT2D eigenvalue weighted by Gasteiger charge is 2.17. The number of hydrogen-bond acceptors (Lipinski definition) is 3. The van der Waals surface area contributed by atoms with E-state index in [1.807, 2.05) is 18.2 Å². The number of nitriles is 1. The molecular formula is C17H18N2O2S. The number of anilines is 1. The van der Waals surface area contributed by atoms with Crippen molar-refractivity contribution in [1.29, 1.82) is 5.26 Å². The monoisotopic (exact) mass is 314 g/mol. The Balaban J connectivity index is 2.39. The second-order valence-corrected chi connectivity index (χ2v) is 6.82. The summed E-state index contributed by atoms with van der Waals surface area (Å²) in [6.45, 7) is 4.12. The van der Waals surface area contributed by atoms with Crippen LogP contribution in [0.25, 0.3) is 0 Å². The van der Waals surface area contributed by atoms with Gasteiger partial charge in [0, 0.05) is 0 Å². The van der Waals surface area contributed by atoms with Crippen molar-refractivity contribution in [2.24, 2.45) is 0 Å². The molecule has 0 amide bonds. The van der Waals surface area contributed by atoms with Gasteiger partial charge in [-0.05, 0) is 42.2 Å². The first-order valence-electron chi connectivity index (χ1n) is 7.10. The van der Waals surface area contributed by atoms with Crippen molar-refractivity contribution in [3.8, 4) is 6.07 Å². The Morgan fingerprint density at radius 1 is 1.18 bits per heavy atom. The van der Waals surface area contributed by atoms with E-state index in [0.717, 1.165) is 12.0 Å². The van der Waals surface area contributed by atoms with Crippen LogP contribution in [-0.2, 0) is 10.0 Å².